The van der Waals surface area contributed by atoms with Crippen molar-refractivity contribution in [1.82, 2.24) is 23.8 Å². The lowest BCUT2D eigenvalue weighted by molar-refractivity contribution is 0.476. The number of rotatable bonds is 6. The minimum atomic E-state index is -3.21. The molecule has 0 amide bonds. The lowest BCUT2D eigenvalue weighted by Crippen LogP contribution is -2.32. The van der Waals surface area contributed by atoms with E-state index in [0.29, 0.717) is 47.2 Å². The molecule has 4 aromatic rings. The number of hydrogen-bond donors (Lipinski definition) is 2. The molecule has 1 aliphatic heterocycles. The van der Waals surface area contributed by atoms with E-state index < -0.39 is 10.0 Å². The highest BCUT2D eigenvalue weighted by Crippen LogP contribution is 2.34. The summed E-state index contributed by atoms with van der Waals surface area (Å²) in [6, 6.07) is 13.0. The van der Waals surface area contributed by atoms with Gasteiger partial charge in [0.25, 0.3) is 0 Å². The highest BCUT2D eigenvalue weighted by Gasteiger charge is 2.31. The summed E-state index contributed by atoms with van der Waals surface area (Å²) in [5, 5.41) is 3.90. The van der Waals surface area contributed by atoms with Crippen molar-refractivity contribution < 1.29 is 8.42 Å². The van der Waals surface area contributed by atoms with E-state index in [-0.39, 0.29) is 11.8 Å². The number of halogens is 1. The van der Waals surface area contributed by atoms with Crippen LogP contribution in [0.5, 0.6) is 0 Å². The molecule has 2 N–H and O–H groups in total. The molecule has 0 bridgehead atoms. The Morgan fingerprint density at radius 1 is 1.35 bits per heavy atom. The summed E-state index contributed by atoms with van der Waals surface area (Å²) in [6.07, 6.45) is 2.28. The highest BCUT2D eigenvalue weighted by atomic mass is 35.5. The first-order valence-electron chi connectivity index (χ1n) is 11.2. The van der Waals surface area contributed by atoms with Crippen LogP contribution in [0.1, 0.15) is 24.7 Å². The molecule has 1 radical (unpaired) electrons. The second-order valence-electron chi connectivity index (χ2n) is 8.54. The van der Waals surface area contributed by atoms with Gasteiger partial charge in [-0.1, -0.05) is 23.7 Å². The Morgan fingerprint density at radius 2 is 2.18 bits per heavy atom. The Morgan fingerprint density at radius 3 is 2.91 bits per heavy atom. The molecule has 1 aliphatic rings. The fourth-order valence-electron chi connectivity index (χ4n) is 4.61. The van der Waals surface area contributed by atoms with Crippen LogP contribution in [0, 0.1) is 19.9 Å². The number of pyridine rings is 1. The van der Waals surface area contributed by atoms with E-state index in [1.807, 2.05) is 24.3 Å². The number of benzene rings is 1. The fourth-order valence-corrected chi connectivity index (χ4v) is 5.96. The number of H-pyrrole nitrogens is 1. The molecule has 5 rings (SSSR count). The number of imidazole rings is 1. The van der Waals surface area contributed by atoms with Crippen LogP contribution in [-0.4, -0.2) is 57.1 Å². The van der Waals surface area contributed by atoms with E-state index in [4.69, 9.17) is 16.6 Å². The van der Waals surface area contributed by atoms with Crippen LogP contribution in [0.15, 0.2) is 36.5 Å². The smallest absolute Gasteiger partial charge is 0.213 e. The number of sulfonamides is 1. The third-order valence-electron chi connectivity index (χ3n) is 6.37. The monoisotopic (exact) mass is 497 g/mol. The van der Waals surface area contributed by atoms with Crippen molar-refractivity contribution in [3.8, 4) is 17.1 Å². The second-order valence-corrected chi connectivity index (χ2v) is 11.2. The molecule has 0 aliphatic carbocycles. The Hall–Kier alpha value is -2.88. The SMILES string of the molecule is CCS(=O)(=O)N1CC[C@H](Nc2c(Cl)cnc3nc(-c4cc(C)n(-c5c[c]ccc5)c4C)[nH]c23)C1. The van der Waals surface area contributed by atoms with Gasteiger partial charge >= 0.3 is 0 Å². The van der Waals surface area contributed by atoms with Crippen molar-refractivity contribution in [2.75, 3.05) is 24.2 Å². The Balaban J connectivity index is 1.50. The van der Waals surface area contributed by atoms with Crippen molar-refractivity contribution in [3.05, 3.63) is 59.0 Å². The van der Waals surface area contributed by atoms with Gasteiger partial charge in [-0.3, -0.25) is 0 Å². The molecule has 8 nitrogen and oxygen atoms in total. The minimum Gasteiger partial charge on any atom is -0.378 e. The summed E-state index contributed by atoms with van der Waals surface area (Å²) in [5.41, 5.74) is 6.09. The van der Waals surface area contributed by atoms with E-state index in [9.17, 15) is 8.42 Å². The van der Waals surface area contributed by atoms with Crippen molar-refractivity contribution in [1.29, 1.82) is 0 Å². The van der Waals surface area contributed by atoms with Gasteiger partial charge in [0.15, 0.2) is 5.65 Å². The number of nitrogens with zero attached hydrogens (tertiary/aromatic N) is 4. The van der Waals surface area contributed by atoms with Crippen LogP contribution in [0.4, 0.5) is 5.69 Å². The van der Waals surface area contributed by atoms with Crippen molar-refractivity contribution in [2.24, 2.45) is 0 Å². The van der Waals surface area contributed by atoms with Crippen LogP contribution in [-0.2, 0) is 10.0 Å². The summed E-state index contributed by atoms with van der Waals surface area (Å²) in [4.78, 5) is 12.6. The van der Waals surface area contributed by atoms with Gasteiger partial charge in [-0.15, -0.1) is 0 Å². The molecule has 1 aromatic carbocycles. The summed E-state index contributed by atoms with van der Waals surface area (Å²) in [5.74, 6) is 0.803. The highest BCUT2D eigenvalue weighted by molar-refractivity contribution is 7.89. The molecule has 0 spiro atoms. The average Bonchev–Trinajstić information content (AvgIpc) is 3.54. The Labute approximate surface area is 204 Å². The number of aromatic nitrogens is 4. The average molecular weight is 498 g/mol. The van der Waals surface area contributed by atoms with Crippen LogP contribution < -0.4 is 5.32 Å². The summed E-state index contributed by atoms with van der Waals surface area (Å²) in [7, 11) is -3.21. The van der Waals surface area contributed by atoms with Gasteiger partial charge in [0.2, 0.25) is 10.0 Å². The van der Waals surface area contributed by atoms with Crippen LogP contribution in [0.25, 0.3) is 28.2 Å². The third kappa shape index (κ3) is 3.97. The number of aryl methyl sites for hydroxylation is 1. The number of aromatic amines is 1. The van der Waals surface area contributed by atoms with E-state index in [2.05, 4.69) is 45.8 Å². The number of fused-ring (bicyclic) bond motifs is 1. The topological polar surface area (TPSA) is 95.9 Å². The van der Waals surface area contributed by atoms with E-state index in [0.717, 1.165) is 22.6 Å². The normalized spacial score (nSPS) is 17.0. The van der Waals surface area contributed by atoms with Crippen molar-refractivity contribution in [3.63, 3.8) is 0 Å². The Bertz CT molecular complexity index is 1460. The van der Waals surface area contributed by atoms with Crippen LogP contribution in [0.2, 0.25) is 5.02 Å². The number of nitrogens with one attached hydrogen (secondary N) is 2. The van der Waals surface area contributed by atoms with Gasteiger partial charge in [0.05, 0.1) is 22.7 Å². The molecule has 1 saturated heterocycles. The van der Waals surface area contributed by atoms with Crippen LogP contribution in [0.3, 0.4) is 0 Å². The fraction of sp³-hybridized carbons (Fsp3) is 0.333. The van der Waals surface area contributed by atoms with E-state index in [1.54, 1.807) is 13.1 Å². The van der Waals surface area contributed by atoms with Gasteiger partial charge in [0.1, 0.15) is 11.3 Å². The molecule has 0 saturated carbocycles. The molecule has 177 valence electrons. The van der Waals surface area contributed by atoms with Gasteiger partial charge in [0, 0.05) is 41.8 Å². The maximum Gasteiger partial charge on any atom is 0.213 e. The molecular formula is C24H26ClN6O2S. The molecule has 10 heteroatoms. The van der Waals surface area contributed by atoms with Crippen molar-refractivity contribution in [2.45, 2.75) is 33.2 Å². The Kier molecular flexibility index (Phi) is 5.87. The van der Waals surface area contributed by atoms with E-state index in [1.165, 1.54) is 4.31 Å². The number of anilines is 1. The molecular weight excluding hydrogens is 472 g/mol. The second kappa shape index (κ2) is 8.72. The lowest BCUT2D eigenvalue weighted by atomic mass is 10.2. The van der Waals surface area contributed by atoms with Gasteiger partial charge in [-0.25, -0.2) is 18.4 Å². The zero-order chi connectivity index (χ0) is 24.0. The zero-order valence-corrected chi connectivity index (χ0v) is 20.8. The zero-order valence-electron chi connectivity index (χ0n) is 19.3. The number of hydrogen-bond acceptors (Lipinski definition) is 5. The molecule has 3 aromatic heterocycles. The standard InChI is InChI=1S/C24H26ClN6O2S/c1-4-34(32,33)30-11-10-17(14-30)27-21-20(25)13-26-24-22(21)28-23(29-24)19-12-15(2)31(16(19)3)18-8-6-5-7-9-18/h5-6,8-9,12-13,17H,4,10-11,14H2,1-3H3,(H2,26,27,28,29)/t17-/m0/s1. The third-order valence-corrected chi connectivity index (χ3v) is 8.50. The van der Waals surface area contributed by atoms with Gasteiger partial charge in [-0.05, 0) is 51.5 Å². The lowest BCUT2D eigenvalue weighted by Gasteiger charge is -2.17. The van der Waals surface area contributed by atoms with Gasteiger partial charge < -0.3 is 14.9 Å². The first-order valence-corrected chi connectivity index (χ1v) is 13.2. The first-order chi connectivity index (χ1) is 16.3. The summed E-state index contributed by atoms with van der Waals surface area (Å²) < 4.78 is 28.2. The predicted molar refractivity (Wildman–Crippen MR) is 135 cm³/mol. The summed E-state index contributed by atoms with van der Waals surface area (Å²) in [6.45, 7) is 6.69. The molecule has 1 fully saturated rings. The van der Waals surface area contributed by atoms with Crippen LogP contribution >= 0.6 is 11.6 Å². The molecule has 4 heterocycles. The predicted octanol–water partition coefficient (Wildman–Crippen LogP) is 4.32. The molecule has 34 heavy (non-hydrogen) atoms. The quantitative estimate of drug-likeness (QED) is 0.413. The molecule has 0 unspecified atom stereocenters. The van der Waals surface area contributed by atoms with Gasteiger partial charge in [-0.2, -0.15) is 4.31 Å². The van der Waals surface area contributed by atoms with E-state index >= 15 is 0 Å². The first kappa shape index (κ1) is 22.9. The van der Waals surface area contributed by atoms with Crippen molar-refractivity contribution >= 4 is 38.5 Å². The minimum absolute atomic E-state index is 0.0458. The maximum atomic E-state index is 12.2. The largest absolute Gasteiger partial charge is 0.378 e. The summed E-state index contributed by atoms with van der Waals surface area (Å²) >= 11 is 6.52. The molecule has 1 atom stereocenters. The maximum absolute atomic E-state index is 12.2.